The average molecular weight is 229 g/mol. The van der Waals surface area contributed by atoms with Crippen LogP contribution in [-0.4, -0.2) is 30.7 Å². The molecule has 0 heterocycles. The minimum absolute atomic E-state index is 0.0105. The van der Waals surface area contributed by atoms with Gasteiger partial charge in [0.05, 0.1) is 12.7 Å². The van der Waals surface area contributed by atoms with Crippen molar-refractivity contribution in [1.82, 2.24) is 5.32 Å². The van der Waals surface area contributed by atoms with Gasteiger partial charge in [0.1, 0.15) is 6.54 Å². The highest BCUT2D eigenvalue weighted by molar-refractivity contribution is 5.89. The fourth-order valence-corrected chi connectivity index (χ4v) is 1.41. The molecule has 0 spiro atoms. The van der Waals surface area contributed by atoms with Crippen molar-refractivity contribution >= 4 is 11.9 Å². The molecule has 0 radical (unpaired) electrons. The molecule has 0 aliphatic rings. The van der Waals surface area contributed by atoms with Crippen LogP contribution in [0.1, 0.15) is 27.2 Å². The fraction of sp³-hybridized carbons (Fsp3) is 0.636. The summed E-state index contributed by atoms with van der Waals surface area (Å²) in [6.07, 6.45) is 0.565. The molecule has 0 aliphatic heterocycles. The Labute approximate surface area is 95.5 Å². The summed E-state index contributed by atoms with van der Waals surface area (Å²) in [5.74, 6) is -1.38. The van der Waals surface area contributed by atoms with Crippen LogP contribution in [0.15, 0.2) is 11.3 Å². The maximum absolute atomic E-state index is 11.5. The summed E-state index contributed by atoms with van der Waals surface area (Å²) in [4.78, 5) is 22.0. The molecule has 0 atom stereocenters. The van der Waals surface area contributed by atoms with Gasteiger partial charge in [-0.15, -0.1) is 0 Å². The molecule has 0 aromatic carbocycles. The minimum Gasteiger partial charge on any atom is -0.480 e. The monoisotopic (exact) mass is 229 g/mol. The number of methoxy groups -OCH3 is 1. The maximum Gasteiger partial charge on any atom is 0.335 e. The van der Waals surface area contributed by atoms with E-state index in [2.05, 4.69) is 10.1 Å². The standard InChI is InChI=1S/C11H19NO4/c1-5-8(12-6-9(13)14)10(7(2)3)11(15)16-4/h7,12H,5-6H2,1-4H3,(H,13,14). The second kappa shape index (κ2) is 6.87. The van der Waals surface area contributed by atoms with Crippen LogP contribution in [0.4, 0.5) is 0 Å². The quantitative estimate of drug-likeness (QED) is 0.528. The summed E-state index contributed by atoms with van der Waals surface area (Å²) < 4.78 is 4.68. The zero-order chi connectivity index (χ0) is 12.7. The van der Waals surface area contributed by atoms with E-state index in [0.29, 0.717) is 17.7 Å². The van der Waals surface area contributed by atoms with Crippen molar-refractivity contribution in [1.29, 1.82) is 0 Å². The van der Waals surface area contributed by atoms with Crippen LogP contribution in [-0.2, 0) is 14.3 Å². The van der Waals surface area contributed by atoms with Crippen molar-refractivity contribution in [3.63, 3.8) is 0 Å². The molecule has 16 heavy (non-hydrogen) atoms. The molecule has 0 fully saturated rings. The molecule has 0 saturated carbocycles. The van der Waals surface area contributed by atoms with Crippen LogP contribution in [0.5, 0.6) is 0 Å². The van der Waals surface area contributed by atoms with E-state index in [1.54, 1.807) is 0 Å². The first-order chi connectivity index (χ1) is 7.43. The Morgan fingerprint density at radius 2 is 1.94 bits per heavy atom. The predicted molar refractivity (Wildman–Crippen MR) is 59.8 cm³/mol. The molecule has 0 bridgehead atoms. The van der Waals surface area contributed by atoms with E-state index in [9.17, 15) is 9.59 Å². The lowest BCUT2D eigenvalue weighted by Crippen LogP contribution is -2.26. The van der Waals surface area contributed by atoms with E-state index in [0.717, 1.165) is 0 Å². The summed E-state index contributed by atoms with van der Waals surface area (Å²) in [5.41, 5.74) is 1.13. The Morgan fingerprint density at radius 3 is 2.25 bits per heavy atom. The molecule has 2 N–H and O–H groups in total. The number of hydrogen-bond donors (Lipinski definition) is 2. The van der Waals surface area contributed by atoms with Crippen LogP contribution in [0, 0.1) is 5.92 Å². The largest absolute Gasteiger partial charge is 0.480 e. The highest BCUT2D eigenvalue weighted by atomic mass is 16.5. The Hall–Kier alpha value is -1.52. The number of nitrogens with one attached hydrogen (secondary N) is 1. The molecule has 0 aromatic rings. The molecule has 0 aromatic heterocycles. The van der Waals surface area contributed by atoms with Crippen molar-refractivity contribution in [2.45, 2.75) is 27.2 Å². The van der Waals surface area contributed by atoms with E-state index >= 15 is 0 Å². The van der Waals surface area contributed by atoms with Crippen molar-refractivity contribution in [2.75, 3.05) is 13.7 Å². The molecule has 5 nitrogen and oxygen atoms in total. The first-order valence-electron chi connectivity index (χ1n) is 5.21. The summed E-state index contributed by atoms with van der Waals surface area (Å²) in [7, 11) is 1.31. The number of carbonyl (C=O) groups excluding carboxylic acids is 1. The van der Waals surface area contributed by atoms with Crippen LogP contribution in [0.3, 0.4) is 0 Å². The van der Waals surface area contributed by atoms with Gasteiger partial charge in [0.2, 0.25) is 0 Å². The van der Waals surface area contributed by atoms with Gasteiger partial charge >= 0.3 is 11.9 Å². The smallest absolute Gasteiger partial charge is 0.335 e. The second-order valence-corrected chi connectivity index (χ2v) is 3.64. The van der Waals surface area contributed by atoms with Gasteiger partial charge in [-0.05, 0) is 12.3 Å². The Kier molecular flexibility index (Phi) is 6.22. The Morgan fingerprint density at radius 1 is 1.38 bits per heavy atom. The molecule has 0 aliphatic carbocycles. The first kappa shape index (κ1) is 14.5. The van der Waals surface area contributed by atoms with E-state index in [1.807, 2.05) is 20.8 Å². The maximum atomic E-state index is 11.5. The highest BCUT2D eigenvalue weighted by Gasteiger charge is 2.18. The number of hydrogen-bond acceptors (Lipinski definition) is 4. The summed E-state index contributed by atoms with van der Waals surface area (Å²) in [5, 5.41) is 11.3. The van der Waals surface area contributed by atoms with E-state index < -0.39 is 11.9 Å². The third-order valence-corrected chi connectivity index (χ3v) is 2.11. The van der Waals surface area contributed by atoms with Gasteiger partial charge in [0.25, 0.3) is 0 Å². The molecule has 0 unspecified atom stereocenters. The van der Waals surface area contributed by atoms with Gasteiger partial charge in [0, 0.05) is 5.70 Å². The molecular formula is C11H19NO4. The molecule has 0 saturated heterocycles. The number of allylic oxidation sites excluding steroid dienone is 1. The van der Waals surface area contributed by atoms with Crippen molar-refractivity contribution < 1.29 is 19.4 Å². The summed E-state index contributed by atoms with van der Waals surface area (Å²) in [6, 6.07) is 0. The van der Waals surface area contributed by atoms with E-state index in [-0.39, 0.29) is 12.5 Å². The zero-order valence-corrected chi connectivity index (χ0v) is 10.2. The topological polar surface area (TPSA) is 75.6 Å². The molecular weight excluding hydrogens is 210 g/mol. The highest BCUT2D eigenvalue weighted by Crippen LogP contribution is 2.17. The molecule has 0 amide bonds. The summed E-state index contributed by atoms with van der Waals surface area (Å²) >= 11 is 0. The van der Waals surface area contributed by atoms with Gasteiger partial charge in [-0.1, -0.05) is 20.8 Å². The third-order valence-electron chi connectivity index (χ3n) is 2.11. The number of aliphatic carboxylic acids is 1. The lowest BCUT2D eigenvalue weighted by Gasteiger charge is -2.16. The normalized spacial score (nSPS) is 12.1. The lowest BCUT2D eigenvalue weighted by molar-refractivity contribution is -0.137. The summed E-state index contributed by atoms with van der Waals surface area (Å²) in [6.45, 7) is 5.39. The van der Waals surface area contributed by atoms with Crippen LogP contribution in [0.2, 0.25) is 0 Å². The van der Waals surface area contributed by atoms with Crippen LogP contribution >= 0.6 is 0 Å². The van der Waals surface area contributed by atoms with Crippen molar-refractivity contribution in [3.05, 3.63) is 11.3 Å². The number of carbonyl (C=O) groups is 2. The first-order valence-corrected chi connectivity index (χ1v) is 5.21. The molecule has 92 valence electrons. The number of carboxylic acids is 1. The Balaban J connectivity index is 5.00. The van der Waals surface area contributed by atoms with Crippen LogP contribution in [0.25, 0.3) is 0 Å². The SMILES string of the molecule is CCC(NCC(=O)O)=C(C(=O)OC)C(C)C. The second-order valence-electron chi connectivity index (χ2n) is 3.64. The van der Waals surface area contributed by atoms with E-state index in [1.165, 1.54) is 7.11 Å². The van der Waals surface area contributed by atoms with Gasteiger partial charge in [-0.3, -0.25) is 4.79 Å². The zero-order valence-electron chi connectivity index (χ0n) is 10.2. The third kappa shape index (κ3) is 4.33. The number of carboxylic acid groups (broad SMARTS) is 1. The van der Waals surface area contributed by atoms with Crippen molar-refractivity contribution in [3.8, 4) is 0 Å². The van der Waals surface area contributed by atoms with Gasteiger partial charge in [0.15, 0.2) is 0 Å². The fourth-order valence-electron chi connectivity index (χ4n) is 1.41. The lowest BCUT2D eigenvalue weighted by atomic mass is 9.99. The predicted octanol–water partition coefficient (Wildman–Crippen LogP) is 1.15. The number of ether oxygens (including phenoxy) is 1. The Bertz CT molecular complexity index is 294. The number of esters is 1. The minimum atomic E-state index is -0.959. The molecule has 5 heteroatoms. The average Bonchev–Trinajstić information content (AvgIpc) is 2.22. The van der Waals surface area contributed by atoms with Gasteiger partial charge in [-0.2, -0.15) is 0 Å². The van der Waals surface area contributed by atoms with Crippen molar-refractivity contribution in [2.24, 2.45) is 5.92 Å². The van der Waals surface area contributed by atoms with Crippen LogP contribution < -0.4 is 5.32 Å². The van der Waals surface area contributed by atoms with E-state index in [4.69, 9.17) is 5.11 Å². The van der Waals surface area contributed by atoms with Gasteiger partial charge in [-0.25, -0.2) is 4.79 Å². The number of rotatable bonds is 6. The van der Waals surface area contributed by atoms with Gasteiger partial charge < -0.3 is 15.2 Å². The molecule has 0 rings (SSSR count).